The Kier molecular flexibility index (Phi) is 9.87. The lowest BCUT2D eigenvalue weighted by atomic mass is 10.1. The molecule has 1 aromatic heterocycles. The van der Waals surface area contributed by atoms with Gasteiger partial charge in [-0.15, -0.1) is 0 Å². The van der Waals surface area contributed by atoms with Crippen molar-refractivity contribution in [2.45, 2.75) is 45.5 Å². The van der Waals surface area contributed by atoms with Gasteiger partial charge in [-0.05, 0) is 75.2 Å². The molecule has 3 heterocycles. The molecule has 3 amide bonds. The van der Waals surface area contributed by atoms with Crippen molar-refractivity contribution in [2.24, 2.45) is 0 Å². The highest BCUT2D eigenvalue weighted by Gasteiger charge is 2.30. The molecule has 0 bridgehead atoms. The fraction of sp³-hybridized carbons (Fsp3) is 0.400. The van der Waals surface area contributed by atoms with Gasteiger partial charge in [0, 0.05) is 29.7 Å². The van der Waals surface area contributed by atoms with Gasteiger partial charge < -0.3 is 35.1 Å². The highest BCUT2D eigenvalue weighted by molar-refractivity contribution is 5.99. The number of nitrogens with zero attached hydrogens (tertiary/aromatic N) is 3. The monoisotopic (exact) mass is 600 g/mol. The Balaban J connectivity index is 0.000000359. The number of hydrogen-bond acceptors (Lipinski definition) is 6. The van der Waals surface area contributed by atoms with E-state index in [9.17, 15) is 27.9 Å². The molecule has 13 heteroatoms. The molecule has 3 aromatic rings. The maximum absolute atomic E-state index is 12.8. The Morgan fingerprint density at radius 2 is 1.67 bits per heavy atom. The van der Waals surface area contributed by atoms with Crippen LogP contribution in [0, 0.1) is 0 Å². The molecule has 1 fully saturated rings. The van der Waals surface area contributed by atoms with E-state index in [-0.39, 0.29) is 12.2 Å². The number of carbonyl (C=O) groups excluding carboxylic acids is 2. The number of alkyl halides is 3. The summed E-state index contributed by atoms with van der Waals surface area (Å²) in [5, 5.41) is 16.0. The maximum atomic E-state index is 12.8. The first-order valence-corrected chi connectivity index (χ1v) is 13.9. The Morgan fingerprint density at radius 1 is 1.00 bits per heavy atom. The molecule has 0 saturated carbocycles. The van der Waals surface area contributed by atoms with Crippen LogP contribution in [0.5, 0.6) is 0 Å². The van der Waals surface area contributed by atoms with Crippen LogP contribution in [0.25, 0.3) is 11.4 Å². The summed E-state index contributed by atoms with van der Waals surface area (Å²) in [6.45, 7) is 11.5. The fourth-order valence-electron chi connectivity index (χ4n) is 4.74. The van der Waals surface area contributed by atoms with E-state index >= 15 is 0 Å². The molecule has 5 rings (SSSR count). The predicted octanol–water partition coefficient (Wildman–Crippen LogP) is 3.21. The average Bonchev–Trinajstić information content (AvgIpc) is 2.97. The number of aromatic nitrogens is 2. The summed E-state index contributed by atoms with van der Waals surface area (Å²) in [6, 6.07) is 10.1. The van der Waals surface area contributed by atoms with Crippen molar-refractivity contribution in [1.29, 1.82) is 0 Å². The Hall–Kier alpha value is -4.23. The zero-order valence-corrected chi connectivity index (χ0v) is 24.3. The molecular formula is C30H35F3N6O4. The van der Waals surface area contributed by atoms with Gasteiger partial charge in [-0.1, -0.05) is 6.07 Å². The molecule has 3 N–H and O–H groups in total. The molecule has 0 radical (unpaired) electrons. The second kappa shape index (κ2) is 13.4. The van der Waals surface area contributed by atoms with Gasteiger partial charge in [-0.25, -0.2) is 14.8 Å². The van der Waals surface area contributed by atoms with Gasteiger partial charge in [-0.2, -0.15) is 13.2 Å². The number of carboxylic acid groups (broad SMARTS) is 1. The number of nitrogens with one attached hydrogen (secondary N) is 3. The van der Waals surface area contributed by atoms with Gasteiger partial charge in [0.25, 0.3) is 0 Å². The van der Waals surface area contributed by atoms with Crippen LogP contribution in [0.4, 0.5) is 34.1 Å². The van der Waals surface area contributed by atoms with Gasteiger partial charge >= 0.3 is 12.2 Å². The third kappa shape index (κ3) is 8.88. The quantitative estimate of drug-likeness (QED) is 0.424. The largest absolute Gasteiger partial charge is 0.530 e. The van der Waals surface area contributed by atoms with Crippen molar-refractivity contribution < 1.29 is 37.5 Å². The van der Waals surface area contributed by atoms with E-state index in [1.807, 2.05) is 0 Å². The molecular weight excluding hydrogens is 565 g/mol. The van der Waals surface area contributed by atoms with Crippen LogP contribution >= 0.6 is 0 Å². The number of anilines is 2. The first-order chi connectivity index (χ1) is 20.3. The van der Waals surface area contributed by atoms with Crippen molar-refractivity contribution in [1.82, 2.24) is 14.9 Å². The van der Waals surface area contributed by atoms with E-state index < -0.39 is 23.9 Å². The van der Waals surface area contributed by atoms with Crippen LogP contribution in [-0.4, -0.2) is 65.4 Å². The van der Waals surface area contributed by atoms with Crippen LogP contribution in [0.1, 0.15) is 37.6 Å². The average molecular weight is 601 g/mol. The van der Waals surface area contributed by atoms with Crippen LogP contribution in [-0.2, 0) is 23.9 Å². The fourth-order valence-corrected chi connectivity index (χ4v) is 4.74. The number of fused-ring (bicyclic) bond motifs is 1. The van der Waals surface area contributed by atoms with E-state index in [0.29, 0.717) is 41.3 Å². The third-order valence-electron chi connectivity index (χ3n) is 7.21. The first kappa shape index (κ1) is 31.7. The minimum Gasteiger partial charge on any atom is -0.530 e. The standard InChI is InChI=1S/C22H18F3N5O3.C8H17NO/c23-22(24,25)15-2-1-3-17(10-15)28-20(31)27-16-6-4-13(5-7-16)19-26-11-14-8-9-30(21(32)33)12-18(14)29-19;1-8(2,3)9-4-6-10-7-5-9/h1-7,10-11H,8-9,12H2,(H,32,33)(H2,27,28,31);4-7H2,1-3H3. The zero-order valence-electron chi connectivity index (χ0n) is 24.3. The van der Waals surface area contributed by atoms with E-state index in [4.69, 9.17) is 4.74 Å². The number of halogens is 3. The minimum atomic E-state index is -4.51. The van der Waals surface area contributed by atoms with E-state index in [2.05, 4.69) is 41.4 Å². The lowest BCUT2D eigenvalue weighted by Crippen LogP contribution is -3.20. The van der Waals surface area contributed by atoms with Gasteiger partial charge in [0.1, 0.15) is 19.2 Å². The highest BCUT2D eigenvalue weighted by Crippen LogP contribution is 2.30. The number of urea groups is 1. The van der Waals surface area contributed by atoms with Crippen LogP contribution in [0.15, 0.2) is 54.7 Å². The van der Waals surface area contributed by atoms with Crippen molar-refractivity contribution in [3.05, 3.63) is 71.5 Å². The van der Waals surface area contributed by atoms with Crippen molar-refractivity contribution in [2.75, 3.05) is 43.5 Å². The van der Waals surface area contributed by atoms with Crippen molar-refractivity contribution in [3.8, 4) is 11.4 Å². The second-order valence-corrected chi connectivity index (χ2v) is 11.3. The molecule has 1 saturated heterocycles. The van der Waals surface area contributed by atoms with Gasteiger partial charge in [0.05, 0.1) is 36.6 Å². The summed E-state index contributed by atoms with van der Waals surface area (Å²) in [6.07, 6.45) is -3.59. The maximum Gasteiger partial charge on any atom is 0.416 e. The van der Waals surface area contributed by atoms with Gasteiger partial charge in [0.2, 0.25) is 0 Å². The summed E-state index contributed by atoms with van der Waals surface area (Å²) in [4.78, 5) is 34.9. The molecule has 2 aliphatic heterocycles. The van der Waals surface area contributed by atoms with Crippen molar-refractivity contribution >= 4 is 23.5 Å². The Labute approximate surface area is 247 Å². The molecule has 0 atom stereocenters. The number of carbonyl (C=O) groups is 2. The molecule has 0 spiro atoms. The van der Waals surface area contributed by atoms with Crippen molar-refractivity contribution in [3.63, 3.8) is 0 Å². The third-order valence-corrected chi connectivity index (χ3v) is 7.21. The lowest BCUT2D eigenvalue weighted by Gasteiger charge is -2.34. The van der Waals surface area contributed by atoms with Crippen LogP contribution in [0.2, 0.25) is 0 Å². The van der Waals surface area contributed by atoms with E-state index in [1.54, 1.807) is 35.4 Å². The molecule has 0 unspecified atom stereocenters. The predicted molar refractivity (Wildman–Crippen MR) is 152 cm³/mol. The van der Waals surface area contributed by atoms with Gasteiger partial charge in [-0.3, -0.25) is 0 Å². The summed E-state index contributed by atoms with van der Waals surface area (Å²) in [7, 11) is 0. The molecule has 10 nitrogen and oxygen atoms in total. The zero-order chi connectivity index (χ0) is 31.2. The molecule has 0 aliphatic carbocycles. The summed E-state index contributed by atoms with van der Waals surface area (Å²) >= 11 is 0. The molecule has 2 aromatic carbocycles. The smallest absolute Gasteiger partial charge is 0.416 e. The van der Waals surface area contributed by atoms with E-state index in [0.717, 1.165) is 30.9 Å². The SMILES string of the molecule is CC(C)(C)[NH+]1CCOCC1.O=C(Nc1ccc(-c2ncc3c(n2)CN(C(=O)[O-])CC3)cc1)Nc1cccc(C(F)(F)F)c1. The topological polar surface area (TPSA) is 124 Å². The summed E-state index contributed by atoms with van der Waals surface area (Å²) in [5.74, 6) is 0.397. The van der Waals surface area contributed by atoms with Gasteiger partial charge in [0.15, 0.2) is 5.82 Å². The van der Waals surface area contributed by atoms with Crippen LogP contribution < -0.4 is 20.6 Å². The number of quaternary nitrogens is 1. The first-order valence-electron chi connectivity index (χ1n) is 13.9. The lowest BCUT2D eigenvalue weighted by molar-refractivity contribution is -0.953. The summed E-state index contributed by atoms with van der Waals surface area (Å²) in [5.41, 5.74) is 2.09. The number of amides is 3. The normalized spacial score (nSPS) is 15.5. The number of rotatable bonds is 3. The van der Waals surface area contributed by atoms with Crippen LogP contribution in [0.3, 0.4) is 0 Å². The highest BCUT2D eigenvalue weighted by atomic mass is 19.4. The molecule has 230 valence electrons. The molecule has 43 heavy (non-hydrogen) atoms. The minimum absolute atomic E-state index is 0.00649. The molecule has 2 aliphatic rings. The number of morpholine rings is 1. The number of ether oxygens (including phenoxy) is 1. The number of hydrogen-bond donors (Lipinski definition) is 3. The second-order valence-electron chi connectivity index (χ2n) is 11.3. The summed E-state index contributed by atoms with van der Waals surface area (Å²) < 4.78 is 43.7. The Bertz CT molecular complexity index is 1420. The Morgan fingerprint density at radius 3 is 2.28 bits per heavy atom. The number of benzene rings is 2. The van der Waals surface area contributed by atoms with E-state index in [1.165, 1.54) is 30.1 Å².